The summed E-state index contributed by atoms with van der Waals surface area (Å²) in [5.74, 6) is -8.17. The zero-order valence-corrected chi connectivity index (χ0v) is 10.6. The van der Waals surface area contributed by atoms with Crippen LogP contribution in [0.3, 0.4) is 0 Å². The van der Waals surface area contributed by atoms with Crippen LogP contribution in [0.1, 0.15) is 6.42 Å². The Bertz CT molecular complexity index is 378. The van der Waals surface area contributed by atoms with E-state index in [-0.39, 0.29) is 0 Å². The highest BCUT2D eigenvalue weighted by molar-refractivity contribution is 5.02. The fourth-order valence-electron chi connectivity index (χ4n) is 1.73. The number of alkyl halides is 13. The molecule has 0 aliphatic carbocycles. The summed E-state index contributed by atoms with van der Waals surface area (Å²) >= 11 is 0. The predicted molar refractivity (Wildman–Crippen MR) is 49.9 cm³/mol. The third-order valence-electron chi connectivity index (χ3n) is 2.85. The van der Waals surface area contributed by atoms with E-state index in [2.05, 4.69) is 6.58 Å². The molecule has 0 aromatic rings. The lowest BCUT2D eigenvalue weighted by molar-refractivity contribution is -0.354. The summed E-state index contributed by atoms with van der Waals surface area (Å²) in [5, 5.41) is 0. The summed E-state index contributed by atoms with van der Waals surface area (Å²) in [7, 11) is 0. The quantitative estimate of drug-likeness (QED) is 0.434. The van der Waals surface area contributed by atoms with Crippen LogP contribution in [-0.4, -0.2) is 30.4 Å². The van der Waals surface area contributed by atoms with Crippen molar-refractivity contribution in [2.24, 2.45) is 11.8 Å². The van der Waals surface area contributed by atoms with E-state index in [9.17, 15) is 57.1 Å². The first-order valence-electron chi connectivity index (χ1n) is 5.37. The Morgan fingerprint density at radius 2 is 0.957 bits per heavy atom. The van der Waals surface area contributed by atoms with E-state index in [1.807, 2.05) is 0 Å². The molecule has 0 spiro atoms. The van der Waals surface area contributed by atoms with Gasteiger partial charge in [0, 0.05) is 12.3 Å². The second-order valence-electron chi connectivity index (χ2n) is 4.46. The van der Waals surface area contributed by atoms with Crippen LogP contribution in [0.5, 0.6) is 0 Å². The van der Waals surface area contributed by atoms with Crippen LogP contribution >= 0.6 is 0 Å². The Hall–Kier alpha value is -1.17. The van der Waals surface area contributed by atoms with Gasteiger partial charge < -0.3 is 0 Å². The molecular weight excluding hydrogens is 367 g/mol. The lowest BCUT2D eigenvalue weighted by Gasteiger charge is -2.35. The molecule has 0 aliphatic heterocycles. The molecule has 0 aromatic carbocycles. The standard InChI is InChI=1S/C10H7F13/c1-2-4(5(7(12,13)14)8(15,16)17)3-6(11,9(18,19)20)10(21,22)23/h2,4-5H,1,3H2. The third-order valence-corrected chi connectivity index (χ3v) is 2.85. The summed E-state index contributed by atoms with van der Waals surface area (Å²) in [4.78, 5) is 0. The second kappa shape index (κ2) is 6.04. The maximum atomic E-state index is 13.3. The van der Waals surface area contributed by atoms with Crippen LogP contribution in [0.2, 0.25) is 0 Å². The molecule has 0 bridgehead atoms. The number of allylic oxidation sites excluding steroid dienone is 1. The minimum Gasteiger partial charge on any atom is -0.224 e. The van der Waals surface area contributed by atoms with Gasteiger partial charge in [0.2, 0.25) is 0 Å². The van der Waals surface area contributed by atoms with Crippen molar-refractivity contribution in [1.82, 2.24) is 0 Å². The lowest BCUT2D eigenvalue weighted by Crippen LogP contribution is -2.56. The number of hydrogen-bond acceptors (Lipinski definition) is 0. The molecule has 0 N–H and O–H groups in total. The lowest BCUT2D eigenvalue weighted by atomic mass is 9.81. The Balaban J connectivity index is 6.01. The molecular formula is C10H7F13. The zero-order chi connectivity index (χ0) is 19.1. The van der Waals surface area contributed by atoms with Crippen molar-refractivity contribution in [2.45, 2.75) is 36.8 Å². The SMILES string of the molecule is C=CC(CC(F)(C(F)(F)F)C(F)(F)F)C(C(F)(F)F)C(F)(F)F. The summed E-state index contributed by atoms with van der Waals surface area (Å²) < 4.78 is 161. The maximum Gasteiger partial charge on any atom is 0.431 e. The number of halogens is 13. The molecule has 13 heteroatoms. The van der Waals surface area contributed by atoms with Gasteiger partial charge in [0.05, 0.1) is 0 Å². The molecule has 138 valence electrons. The Morgan fingerprint density at radius 3 is 1.13 bits per heavy atom. The molecule has 0 saturated heterocycles. The molecule has 0 aromatic heterocycles. The summed E-state index contributed by atoms with van der Waals surface area (Å²) in [6.45, 7) is 2.36. The van der Waals surface area contributed by atoms with Gasteiger partial charge in [0.25, 0.3) is 5.67 Å². The normalized spacial score (nSPS) is 16.6. The van der Waals surface area contributed by atoms with Gasteiger partial charge in [-0.05, 0) is 0 Å². The predicted octanol–water partition coefficient (Wildman–Crippen LogP) is 5.75. The zero-order valence-electron chi connectivity index (χ0n) is 10.6. The van der Waals surface area contributed by atoms with Gasteiger partial charge in [-0.3, -0.25) is 0 Å². The monoisotopic (exact) mass is 374 g/mol. The molecule has 0 rings (SSSR count). The molecule has 23 heavy (non-hydrogen) atoms. The van der Waals surface area contributed by atoms with E-state index in [4.69, 9.17) is 0 Å². The molecule has 1 unspecified atom stereocenters. The first-order valence-corrected chi connectivity index (χ1v) is 5.37. The largest absolute Gasteiger partial charge is 0.431 e. The molecule has 1 atom stereocenters. The van der Waals surface area contributed by atoms with Crippen LogP contribution in [0.25, 0.3) is 0 Å². The van der Waals surface area contributed by atoms with E-state index in [0.29, 0.717) is 0 Å². The first kappa shape index (κ1) is 21.8. The molecule has 0 saturated carbocycles. The van der Waals surface area contributed by atoms with E-state index < -0.39 is 54.7 Å². The van der Waals surface area contributed by atoms with Gasteiger partial charge in [-0.15, -0.1) is 6.58 Å². The van der Waals surface area contributed by atoms with Crippen LogP contribution in [0, 0.1) is 11.8 Å². The van der Waals surface area contributed by atoms with Gasteiger partial charge in [0.1, 0.15) is 0 Å². The van der Waals surface area contributed by atoms with Crippen molar-refractivity contribution in [1.29, 1.82) is 0 Å². The van der Waals surface area contributed by atoms with Crippen LogP contribution in [0.4, 0.5) is 57.1 Å². The van der Waals surface area contributed by atoms with Crippen molar-refractivity contribution in [3.05, 3.63) is 12.7 Å². The highest BCUT2D eigenvalue weighted by atomic mass is 19.4. The molecule has 0 aliphatic rings. The van der Waals surface area contributed by atoms with Crippen LogP contribution in [-0.2, 0) is 0 Å². The van der Waals surface area contributed by atoms with Gasteiger partial charge in [-0.1, -0.05) is 6.08 Å². The fourth-order valence-corrected chi connectivity index (χ4v) is 1.73. The third kappa shape index (κ3) is 4.66. The first-order chi connectivity index (χ1) is 9.79. The Kier molecular flexibility index (Phi) is 5.73. The molecule has 0 radical (unpaired) electrons. The van der Waals surface area contributed by atoms with E-state index >= 15 is 0 Å². The van der Waals surface area contributed by atoms with Crippen molar-refractivity contribution in [3.63, 3.8) is 0 Å². The molecule has 0 amide bonds. The van der Waals surface area contributed by atoms with E-state index in [1.54, 1.807) is 0 Å². The highest BCUT2D eigenvalue weighted by Gasteiger charge is 2.74. The number of rotatable bonds is 4. The van der Waals surface area contributed by atoms with E-state index in [1.165, 1.54) is 0 Å². The van der Waals surface area contributed by atoms with Crippen LogP contribution < -0.4 is 0 Å². The Morgan fingerprint density at radius 1 is 0.652 bits per heavy atom. The average molecular weight is 374 g/mol. The second-order valence-corrected chi connectivity index (χ2v) is 4.46. The topological polar surface area (TPSA) is 0 Å². The summed E-state index contributed by atoms with van der Waals surface area (Å²) in [6, 6.07) is 0. The average Bonchev–Trinajstić information content (AvgIpc) is 2.20. The maximum absolute atomic E-state index is 13.3. The smallest absolute Gasteiger partial charge is 0.224 e. The number of hydrogen-bond donors (Lipinski definition) is 0. The van der Waals surface area contributed by atoms with Crippen molar-refractivity contribution in [3.8, 4) is 0 Å². The minimum atomic E-state index is -6.77. The minimum absolute atomic E-state index is 0.433. The summed E-state index contributed by atoms with van der Waals surface area (Å²) in [5.41, 5.74) is -6.26. The van der Waals surface area contributed by atoms with Gasteiger partial charge in [-0.2, -0.15) is 52.7 Å². The van der Waals surface area contributed by atoms with Gasteiger partial charge in [-0.25, -0.2) is 4.39 Å². The molecule has 0 nitrogen and oxygen atoms in total. The van der Waals surface area contributed by atoms with Gasteiger partial charge >= 0.3 is 24.7 Å². The fraction of sp³-hybridized carbons (Fsp3) is 0.800. The Labute approximate surface area is 119 Å². The highest BCUT2D eigenvalue weighted by Crippen LogP contribution is 2.54. The van der Waals surface area contributed by atoms with E-state index in [0.717, 1.165) is 0 Å². The molecule has 0 heterocycles. The van der Waals surface area contributed by atoms with Crippen LogP contribution in [0.15, 0.2) is 12.7 Å². The van der Waals surface area contributed by atoms with Gasteiger partial charge in [0.15, 0.2) is 5.92 Å². The van der Waals surface area contributed by atoms with Crippen molar-refractivity contribution >= 4 is 0 Å². The van der Waals surface area contributed by atoms with Crippen molar-refractivity contribution < 1.29 is 57.1 Å². The summed E-state index contributed by atoms with van der Waals surface area (Å²) in [6.07, 6.45) is -29.6. The van der Waals surface area contributed by atoms with Crippen molar-refractivity contribution in [2.75, 3.05) is 0 Å². The molecule has 0 fully saturated rings.